The minimum Gasteiger partial charge on any atom is -0.357 e. The van der Waals surface area contributed by atoms with E-state index in [1.165, 1.54) is 63.2 Å². The van der Waals surface area contributed by atoms with Crippen molar-refractivity contribution in [3.8, 4) is 0 Å². The third kappa shape index (κ3) is 8.27. The van der Waals surface area contributed by atoms with Crippen molar-refractivity contribution in [3.05, 3.63) is 35.4 Å². The summed E-state index contributed by atoms with van der Waals surface area (Å²) in [4.78, 5) is 10.0. The fourth-order valence-corrected chi connectivity index (χ4v) is 3.90. The number of nitrogens with zero attached hydrogens (tertiary/aromatic N) is 3. The zero-order valence-corrected chi connectivity index (χ0v) is 20.1. The molecule has 1 fully saturated rings. The van der Waals surface area contributed by atoms with Crippen LogP contribution in [-0.4, -0.2) is 74.7 Å². The zero-order chi connectivity index (χ0) is 21.8. The van der Waals surface area contributed by atoms with Crippen molar-refractivity contribution in [1.29, 1.82) is 0 Å². The number of nitrogens with one attached hydrogen (secondary N) is 2. The van der Waals surface area contributed by atoms with E-state index in [9.17, 15) is 0 Å². The number of piperazine rings is 1. The number of likely N-dealkylation sites (N-methyl/N-ethyl adjacent to an activating group) is 1. The van der Waals surface area contributed by atoms with Gasteiger partial charge in [0.05, 0.1) is 6.54 Å². The van der Waals surface area contributed by atoms with Gasteiger partial charge in [-0.1, -0.05) is 52.0 Å². The van der Waals surface area contributed by atoms with Crippen LogP contribution in [0.3, 0.4) is 0 Å². The molecule has 2 N–H and O–H groups in total. The predicted molar refractivity (Wildman–Crippen MR) is 131 cm³/mol. The van der Waals surface area contributed by atoms with Crippen molar-refractivity contribution >= 4 is 5.96 Å². The molecule has 0 aromatic heterocycles. The normalized spacial score (nSPS) is 16.6. The second-order valence-electron chi connectivity index (χ2n) is 9.04. The quantitative estimate of drug-likeness (QED) is 0.330. The summed E-state index contributed by atoms with van der Waals surface area (Å²) < 4.78 is 0. The first kappa shape index (κ1) is 24.7. The Hall–Kier alpha value is -1.59. The van der Waals surface area contributed by atoms with Gasteiger partial charge in [-0.2, -0.15) is 0 Å². The summed E-state index contributed by atoms with van der Waals surface area (Å²) in [5.41, 5.74) is 2.76. The first-order chi connectivity index (χ1) is 14.5. The molecule has 2 rings (SSSR count). The lowest BCUT2D eigenvalue weighted by Crippen LogP contribution is -2.46. The van der Waals surface area contributed by atoms with Gasteiger partial charge in [0.1, 0.15) is 0 Å². The van der Waals surface area contributed by atoms with Gasteiger partial charge in [0, 0.05) is 44.7 Å². The molecule has 30 heavy (non-hydrogen) atoms. The Morgan fingerprint density at radius 1 is 0.933 bits per heavy atom. The monoisotopic (exact) mass is 415 g/mol. The largest absolute Gasteiger partial charge is 0.357 e. The van der Waals surface area contributed by atoms with Gasteiger partial charge in [0.15, 0.2) is 5.96 Å². The number of aryl methyl sites for hydroxylation is 1. The van der Waals surface area contributed by atoms with Gasteiger partial charge in [-0.15, -0.1) is 0 Å². The fraction of sp³-hybridized carbons (Fsp3) is 0.720. The van der Waals surface area contributed by atoms with Gasteiger partial charge >= 0.3 is 0 Å². The molecule has 1 aromatic rings. The van der Waals surface area contributed by atoms with E-state index in [2.05, 4.69) is 79.3 Å². The van der Waals surface area contributed by atoms with E-state index < -0.39 is 0 Å². The van der Waals surface area contributed by atoms with E-state index in [4.69, 9.17) is 4.99 Å². The van der Waals surface area contributed by atoms with Crippen LogP contribution in [0.1, 0.15) is 58.6 Å². The lowest BCUT2D eigenvalue weighted by atomic mass is 9.84. The summed E-state index contributed by atoms with van der Waals surface area (Å²) >= 11 is 0. The van der Waals surface area contributed by atoms with Crippen LogP contribution in [0.15, 0.2) is 29.3 Å². The molecule has 1 aliphatic rings. The maximum absolute atomic E-state index is 4.89. The second-order valence-corrected chi connectivity index (χ2v) is 9.04. The molecule has 5 heteroatoms. The molecular weight excluding hydrogens is 370 g/mol. The lowest BCUT2D eigenvalue weighted by molar-refractivity contribution is 0.136. The highest BCUT2D eigenvalue weighted by Gasteiger charge is 2.20. The van der Waals surface area contributed by atoms with Crippen LogP contribution < -0.4 is 10.6 Å². The van der Waals surface area contributed by atoms with Crippen LogP contribution in [-0.2, 0) is 11.8 Å². The molecular formula is C25H45N5. The number of hydrogen-bond acceptors (Lipinski definition) is 3. The van der Waals surface area contributed by atoms with Crippen LogP contribution in [0.2, 0.25) is 0 Å². The first-order valence-electron chi connectivity index (χ1n) is 12.0. The standard InChI is InChI=1S/C25H45N5/c1-6-22-11-13-23(14-12-22)25(4,5)21-28-24(26-7-2)27-15-9-10-16-30-19-17-29(8-3)18-20-30/h11-14H,6-10,15-21H2,1-5H3,(H2,26,27,28). The highest BCUT2D eigenvalue weighted by molar-refractivity contribution is 5.79. The number of unbranched alkanes of at least 4 members (excludes halogenated alkanes) is 1. The number of aliphatic imine (C=N–C) groups is 1. The van der Waals surface area contributed by atoms with E-state index in [1.54, 1.807) is 0 Å². The highest BCUT2D eigenvalue weighted by atomic mass is 15.3. The van der Waals surface area contributed by atoms with Crippen molar-refractivity contribution in [2.24, 2.45) is 4.99 Å². The third-order valence-corrected chi connectivity index (χ3v) is 6.23. The van der Waals surface area contributed by atoms with Crippen molar-refractivity contribution < 1.29 is 0 Å². The Morgan fingerprint density at radius 3 is 2.20 bits per heavy atom. The zero-order valence-electron chi connectivity index (χ0n) is 20.1. The first-order valence-corrected chi connectivity index (χ1v) is 12.0. The summed E-state index contributed by atoms with van der Waals surface area (Å²) in [5, 5.41) is 6.93. The summed E-state index contributed by atoms with van der Waals surface area (Å²) in [6, 6.07) is 9.00. The van der Waals surface area contributed by atoms with Crippen molar-refractivity contribution in [2.45, 2.75) is 59.3 Å². The second kappa shape index (κ2) is 13.0. The molecule has 0 amide bonds. The summed E-state index contributed by atoms with van der Waals surface area (Å²) in [6.45, 7) is 21.1. The number of hydrogen-bond donors (Lipinski definition) is 2. The molecule has 0 atom stereocenters. The summed E-state index contributed by atoms with van der Waals surface area (Å²) in [5.74, 6) is 0.937. The van der Waals surface area contributed by atoms with Gasteiger partial charge in [0.2, 0.25) is 0 Å². The van der Waals surface area contributed by atoms with Crippen molar-refractivity contribution in [1.82, 2.24) is 20.4 Å². The maximum atomic E-state index is 4.89. The van der Waals surface area contributed by atoms with Gasteiger partial charge in [0.25, 0.3) is 0 Å². The van der Waals surface area contributed by atoms with Crippen LogP contribution in [0, 0.1) is 0 Å². The van der Waals surface area contributed by atoms with E-state index in [0.717, 1.165) is 32.0 Å². The lowest BCUT2D eigenvalue weighted by Gasteiger charge is -2.34. The van der Waals surface area contributed by atoms with E-state index in [-0.39, 0.29) is 5.41 Å². The molecule has 0 spiro atoms. The maximum Gasteiger partial charge on any atom is 0.191 e. The molecule has 0 unspecified atom stereocenters. The average molecular weight is 416 g/mol. The molecule has 0 bridgehead atoms. The van der Waals surface area contributed by atoms with Crippen molar-refractivity contribution in [3.63, 3.8) is 0 Å². The third-order valence-electron chi connectivity index (χ3n) is 6.23. The Bertz CT molecular complexity index is 615. The van der Waals surface area contributed by atoms with E-state index in [0.29, 0.717) is 0 Å². The molecule has 1 saturated heterocycles. The molecule has 0 radical (unpaired) electrons. The van der Waals surface area contributed by atoms with Gasteiger partial charge in [-0.05, 0) is 50.4 Å². The Kier molecular flexibility index (Phi) is 10.7. The van der Waals surface area contributed by atoms with Crippen LogP contribution in [0.5, 0.6) is 0 Å². The van der Waals surface area contributed by atoms with Crippen LogP contribution in [0.25, 0.3) is 0 Å². The van der Waals surface area contributed by atoms with Crippen LogP contribution in [0.4, 0.5) is 0 Å². The number of rotatable bonds is 11. The smallest absolute Gasteiger partial charge is 0.191 e. The predicted octanol–water partition coefficient (Wildman–Crippen LogP) is 3.50. The molecule has 0 saturated carbocycles. The van der Waals surface area contributed by atoms with Crippen molar-refractivity contribution in [2.75, 3.05) is 58.9 Å². The average Bonchev–Trinajstić information content (AvgIpc) is 2.77. The summed E-state index contributed by atoms with van der Waals surface area (Å²) in [7, 11) is 0. The Morgan fingerprint density at radius 2 is 1.60 bits per heavy atom. The van der Waals surface area contributed by atoms with Crippen LogP contribution >= 0.6 is 0 Å². The molecule has 5 nitrogen and oxygen atoms in total. The Balaban J connectivity index is 1.74. The van der Waals surface area contributed by atoms with E-state index in [1.807, 2.05) is 0 Å². The van der Waals surface area contributed by atoms with E-state index >= 15 is 0 Å². The van der Waals surface area contributed by atoms with Gasteiger partial charge < -0.3 is 20.4 Å². The fourth-order valence-electron chi connectivity index (χ4n) is 3.90. The molecule has 1 aliphatic heterocycles. The number of guanidine groups is 1. The van der Waals surface area contributed by atoms with Gasteiger partial charge in [-0.25, -0.2) is 0 Å². The minimum atomic E-state index is 0.0231. The minimum absolute atomic E-state index is 0.0231. The van der Waals surface area contributed by atoms with Gasteiger partial charge in [-0.3, -0.25) is 4.99 Å². The number of benzene rings is 1. The molecule has 170 valence electrons. The SMILES string of the molecule is CCNC(=NCC(C)(C)c1ccc(CC)cc1)NCCCCN1CCN(CC)CC1. The summed E-state index contributed by atoms with van der Waals surface area (Å²) in [6.07, 6.45) is 3.51. The molecule has 1 heterocycles. The molecule has 0 aliphatic carbocycles. The molecule has 1 aromatic carbocycles. The topological polar surface area (TPSA) is 42.9 Å². The highest BCUT2D eigenvalue weighted by Crippen LogP contribution is 2.24. The Labute approximate surface area is 185 Å².